The predicted octanol–water partition coefficient (Wildman–Crippen LogP) is 5.28. The Hall–Kier alpha value is -2.14. The van der Waals surface area contributed by atoms with Gasteiger partial charge in [-0.15, -0.1) is 11.3 Å². The first-order valence-electron chi connectivity index (χ1n) is 12.0. The molecule has 1 saturated heterocycles. The summed E-state index contributed by atoms with van der Waals surface area (Å²) < 4.78 is 0.826. The zero-order chi connectivity index (χ0) is 26.4. The number of rotatable bonds is 9. The molecule has 0 saturated carbocycles. The predicted molar refractivity (Wildman–Crippen MR) is 153 cm³/mol. The summed E-state index contributed by atoms with van der Waals surface area (Å²) in [6.45, 7) is 4.29. The number of carbonyl (C=O) groups excluding carboxylic acids is 2. The number of hydrogen-bond acceptors (Lipinski definition) is 7. The highest BCUT2D eigenvalue weighted by atomic mass is 35.5. The van der Waals surface area contributed by atoms with Crippen LogP contribution in [0.15, 0.2) is 52.2 Å². The summed E-state index contributed by atoms with van der Waals surface area (Å²) in [4.78, 5) is 31.4. The molecule has 2 amide bonds. The van der Waals surface area contributed by atoms with Gasteiger partial charge in [-0.05, 0) is 49.6 Å². The van der Waals surface area contributed by atoms with Crippen LogP contribution in [0.25, 0.3) is 11.3 Å². The number of nitrogens with zero attached hydrogens (tertiary/aromatic N) is 2. The van der Waals surface area contributed by atoms with Crippen molar-refractivity contribution in [1.82, 2.24) is 15.2 Å². The van der Waals surface area contributed by atoms with E-state index >= 15 is 0 Å². The summed E-state index contributed by atoms with van der Waals surface area (Å²) >= 11 is 15.1. The third kappa shape index (κ3) is 8.17. The summed E-state index contributed by atoms with van der Waals surface area (Å²) in [5.41, 5.74) is 9.13. The lowest BCUT2D eigenvalue weighted by Gasteiger charge is -2.32. The van der Waals surface area contributed by atoms with Crippen molar-refractivity contribution >= 4 is 63.8 Å². The molecule has 2 aromatic carbocycles. The van der Waals surface area contributed by atoms with Crippen LogP contribution in [0.1, 0.15) is 25.3 Å². The maximum absolute atomic E-state index is 12.6. The first-order valence-corrected chi connectivity index (χ1v) is 14.6. The number of likely N-dealkylation sites (tertiary alicyclic amines) is 1. The summed E-state index contributed by atoms with van der Waals surface area (Å²) in [5, 5.41) is 9.06. The number of thioether (sulfide) groups is 1. The Bertz CT molecular complexity index is 1250. The van der Waals surface area contributed by atoms with Crippen LogP contribution in [-0.4, -0.2) is 52.6 Å². The highest BCUT2D eigenvalue weighted by Crippen LogP contribution is 2.30. The Labute approximate surface area is 235 Å². The molecule has 0 spiro atoms. The van der Waals surface area contributed by atoms with Gasteiger partial charge in [0.15, 0.2) is 4.34 Å². The quantitative estimate of drug-likeness (QED) is 0.299. The minimum absolute atomic E-state index is 0.0188. The van der Waals surface area contributed by atoms with E-state index in [2.05, 4.69) is 20.5 Å². The van der Waals surface area contributed by atoms with Crippen LogP contribution in [0.3, 0.4) is 0 Å². The highest BCUT2D eigenvalue weighted by molar-refractivity contribution is 8.01. The molecule has 4 N–H and O–H groups in total. The molecular weight excluding hydrogens is 549 g/mol. The van der Waals surface area contributed by atoms with Gasteiger partial charge in [-0.1, -0.05) is 53.2 Å². The maximum atomic E-state index is 12.6. The normalized spacial score (nSPS) is 15.4. The largest absolute Gasteiger partial charge is 0.353 e. The Morgan fingerprint density at radius 2 is 1.97 bits per heavy atom. The molecule has 3 aromatic rings. The summed E-state index contributed by atoms with van der Waals surface area (Å²) in [6, 6.07) is 12.8. The molecule has 1 aliphatic rings. The molecule has 2 heterocycles. The van der Waals surface area contributed by atoms with E-state index in [0.29, 0.717) is 21.5 Å². The van der Waals surface area contributed by atoms with Crippen LogP contribution in [0, 0.1) is 0 Å². The zero-order valence-electron chi connectivity index (χ0n) is 20.4. The number of amides is 2. The highest BCUT2D eigenvalue weighted by Gasteiger charge is 2.21. The van der Waals surface area contributed by atoms with Crippen molar-refractivity contribution in [2.24, 2.45) is 5.73 Å². The van der Waals surface area contributed by atoms with Crippen molar-refractivity contribution in [3.8, 4) is 11.3 Å². The molecule has 0 unspecified atom stereocenters. The first-order chi connectivity index (χ1) is 17.8. The molecule has 196 valence electrons. The van der Waals surface area contributed by atoms with Crippen molar-refractivity contribution in [3.05, 3.63) is 63.5 Å². The lowest BCUT2D eigenvalue weighted by atomic mass is 10.0. The zero-order valence-corrected chi connectivity index (χ0v) is 23.5. The van der Waals surface area contributed by atoms with Crippen LogP contribution in [0.5, 0.6) is 0 Å². The van der Waals surface area contributed by atoms with E-state index < -0.39 is 6.04 Å². The van der Waals surface area contributed by atoms with Crippen LogP contribution >= 0.6 is 46.3 Å². The Kier molecular flexibility index (Phi) is 9.86. The number of thiazole rings is 1. The van der Waals surface area contributed by atoms with Crippen LogP contribution in [0.2, 0.25) is 10.0 Å². The molecule has 4 rings (SSSR count). The first kappa shape index (κ1) is 27.9. The average Bonchev–Trinajstić information content (AvgIpc) is 3.36. The second-order valence-corrected chi connectivity index (χ2v) is 11.9. The lowest BCUT2D eigenvalue weighted by Crippen LogP contribution is -2.44. The van der Waals surface area contributed by atoms with E-state index in [1.54, 1.807) is 6.92 Å². The molecule has 1 aromatic heterocycles. The van der Waals surface area contributed by atoms with Crippen molar-refractivity contribution in [2.45, 2.75) is 42.7 Å². The number of anilines is 1. The third-order valence-corrected chi connectivity index (χ3v) is 8.75. The number of hydrogen-bond donors (Lipinski definition) is 3. The molecule has 7 nitrogen and oxygen atoms in total. The SMILES string of the molecule is C[C@H](N)C(=O)Nc1cccc(-c2csc(SCC(=O)NC3CCN(Cc4ccc(Cl)c(Cl)c4)CC3)n2)c1. The van der Waals surface area contributed by atoms with Gasteiger partial charge in [0, 0.05) is 42.3 Å². The smallest absolute Gasteiger partial charge is 0.240 e. The number of carbonyl (C=O) groups is 2. The van der Waals surface area contributed by atoms with Gasteiger partial charge in [0.2, 0.25) is 11.8 Å². The molecule has 37 heavy (non-hydrogen) atoms. The number of nitrogens with two attached hydrogens (primary N) is 1. The number of halogens is 2. The van der Waals surface area contributed by atoms with Crippen molar-refractivity contribution < 1.29 is 9.59 Å². The van der Waals surface area contributed by atoms with E-state index in [1.165, 1.54) is 23.1 Å². The molecule has 0 bridgehead atoms. The molecule has 1 atom stereocenters. The summed E-state index contributed by atoms with van der Waals surface area (Å²) in [6.07, 6.45) is 1.82. The number of benzene rings is 2. The van der Waals surface area contributed by atoms with Crippen molar-refractivity contribution in [3.63, 3.8) is 0 Å². The second-order valence-electron chi connectivity index (χ2n) is 9.01. The van der Waals surface area contributed by atoms with E-state index in [9.17, 15) is 9.59 Å². The fraction of sp³-hybridized carbons (Fsp3) is 0.346. The Morgan fingerprint density at radius 1 is 1.19 bits per heavy atom. The number of piperidine rings is 1. The van der Waals surface area contributed by atoms with E-state index in [0.717, 1.165) is 53.6 Å². The fourth-order valence-corrected chi connectivity index (χ4v) is 5.96. The molecule has 0 aliphatic carbocycles. The van der Waals surface area contributed by atoms with Gasteiger partial charge in [0.1, 0.15) is 0 Å². The van der Waals surface area contributed by atoms with Crippen LogP contribution in [-0.2, 0) is 16.1 Å². The maximum Gasteiger partial charge on any atom is 0.240 e. The van der Waals surface area contributed by atoms with Gasteiger partial charge in [-0.2, -0.15) is 0 Å². The van der Waals surface area contributed by atoms with Gasteiger partial charge in [0.05, 0.1) is 27.5 Å². The van der Waals surface area contributed by atoms with E-state index in [4.69, 9.17) is 28.9 Å². The molecule has 1 fully saturated rings. The standard InChI is InChI=1S/C26H29Cl2N5O2S2/c1-16(29)25(35)31-20-4-2-3-18(12-20)23-14-36-26(32-23)37-15-24(34)30-19-7-9-33(10-8-19)13-17-5-6-21(27)22(28)11-17/h2-6,11-12,14,16,19H,7-10,13,15,29H2,1H3,(H,30,34)(H,31,35)/t16-/m0/s1. The van der Waals surface area contributed by atoms with Gasteiger partial charge in [-0.3, -0.25) is 14.5 Å². The molecule has 1 aliphatic heterocycles. The minimum atomic E-state index is -0.585. The van der Waals surface area contributed by atoms with Gasteiger partial charge in [0.25, 0.3) is 0 Å². The third-order valence-electron chi connectivity index (χ3n) is 5.99. The topological polar surface area (TPSA) is 100 Å². The summed E-state index contributed by atoms with van der Waals surface area (Å²) in [5.74, 6) is 0.0983. The van der Waals surface area contributed by atoms with Gasteiger partial charge < -0.3 is 16.4 Å². The molecule has 0 radical (unpaired) electrons. The summed E-state index contributed by atoms with van der Waals surface area (Å²) in [7, 11) is 0. The lowest BCUT2D eigenvalue weighted by molar-refractivity contribution is -0.119. The van der Waals surface area contributed by atoms with Crippen LogP contribution in [0.4, 0.5) is 5.69 Å². The van der Waals surface area contributed by atoms with Crippen molar-refractivity contribution in [2.75, 3.05) is 24.2 Å². The van der Waals surface area contributed by atoms with Crippen LogP contribution < -0.4 is 16.4 Å². The minimum Gasteiger partial charge on any atom is -0.353 e. The Balaban J connectivity index is 1.21. The fourth-order valence-electron chi connectivity index (χ4n) is 4.00. The monoisotopic (exact) mass is 577 g/mol. The molecule has 11 heteroatoms. The number of nitrogens with one attached hydrogen (secondary N) is 2. The van der Waals surface area contributed by atoms with E-state index in [1.807, 2.05) is 47.8 Å². The molecular formula is C26H29Cl2N5O2S2. The Morgan fingerprint density at radius 3 is 2.70 bits per heavy atom. The average molecular weight is 579 g/mol. The van der Waals surface area contributed by atoms with Crippen molar-refractivity contribution in [1.29, 1.82) is 0 Å². The van der Waals surface area contributed by atoms with Gasteiger partial charge >= 0.3 is 0 Å². The van der Waals surface area contributed by atoms with E-state index in [-0.39, 0.29) is 17.9 Å². The number of aromatic nitrogens is 1. The second kappa shape index (κ2) is 13.1. The van der Waals surface area contributed by atoms with Gasteiger partial charge in [-0.25, -0.2) is 4.98 Å².